The Labute approximate surface area is 81.2 Å². The van der Waals surface area contributed by atoms with Crippen LogP contribution in [-0.2, 0) is 0 Å². The Kier molecular flexibility index (Phi) is 2.36. The molecule has 0 bridgehead atoms. The van der Waals surface area contributed by atoms with Crippen LogP contribution < -0.4 is 0 Å². The van der Waals surface area contributed by atoms with Crippen LogP contribution in [0.1, 0.15) is 17.5 Å². The molecule has 68 valence electrons. The molecule has 0 saturated heterocycles. The molecular formula is C10H10FNS. The molecule has 0 fully saturated rings. The Hall–Kier alpha value is -0.830. The minimum Gasteiger partial charge on any atom is -0.220 e. The largest absolute Gasteiger partial charge is 0.220 e. The van der Waals surface area contributed by atoms with E-state index in [1.165, 1.54) is 11.9 Å². The first-order valence-electron chi connectivity index (χ1n) is 4.23. The summed E-state index contributed by atoms with van der Waals surface area (Å²) < 4.78 is 17.6. The molecule has 0 radical (unpaired) electrons. The van der Waals surface area contributed by atoms with E-state index in [2.05, 4.69) is 4.40 Å². The van der Waals surface area contributed by atoms with Crippen molar-refractivity contribution in [3.63, 3.8) is 0 Å². The highest BCUT2D eigenvalue weighted by Crippen LogP contribution is 2.22. The molecule has 0 amide bonds. The van der Waals surface area contributed by atoms with Crippen molar-refractivity contribution in [2.24, 2.45) is 4.40 Å². The molecule has 2 rings (SSSR count). The zero-order valence-electron chi connectivity index (χ0n) is 7.38. The molecular weight excluding hydrogens is 185 g/mol. The van der Waals surface area contributed by atoms with Crippen LogP contribution in [0.2, 0.25) is 0 Å². The molecule has 1 aliphatic rings. The van der Waals surface area contributed by atoms with Gasteiger partial charge in [0.05, 0.1) is 5.71 Å². The maximum atomic E-state index is 13.4. The third-order valence-corrected chi connectivity index (χ3v) is 2.78. The van der Waals surface area contributed by atoms with Gasteiger partial charge in [-0.15, -0.1) is 0 Å². The Bertz CT molecular complexity index is 360. The number of nitrogens with zero attached hydrogens (tertiary/aromatic N) is 1. The fourth-order valence-electron chi connectivity index (χ4n) is 1.35. The third kappa shape index (κ3) is 1.75. The summed E-state index contributed by atoms with van der Waals surface area (Å²) in [6, 6.07) is 5.29. The van der Waals surface area contributed by atoms with Gasteiger partial charge < -0.3 is 0 Å². The fourth-order valence-corrected chi connectivity index (χ4v) is 2.07. The van der Waals surface area contributed by atoms with Gasteiger partial charge in [0, 0.05) is 17.7 Å². The van der Waals surface area contributed by atoms with Crippen LogP contribution in [-0.4, -0.2) is 11.5 Å². The van der Waals surface area contributed by atoms with Gasteiger partial charge in [0.2, 0.25) is 0 Å². The van der Waals surface area contributed by atoms with Crippen molar-refractivity contribution in [2.75, 3.05) is 5.75 Å². The minimum atomic E-state index is -0.152. The van der Waals surface area contributed by atoms with E-state index in [9.17, 15) is 4.39 Å². The maximum Gasteiger partial charge on any atom is 0.132 e. The van der Waals surface area contributed by atoms with Crippen LogP contribution in [0.15, 0.2) is 22.6 Å². The highest BCUT2D eigenvalue weighted by atomic mass is 32.2. The van der Waals surface area contributed by atoms with Crippen LogP contribution in [0.5, 0.6) is 0 Å². The van der Waals surface area contributed by atoms with Crippen LogP contribution in [0.4, 0.5) is 4.39 Å². The number of benzene rings is 1. The van der Waals surface area contributed by atoms with Crippen LogP contribution in [0.25, 0.3) is 0 Å². The summed E-state index contributed by atoms with van der Waals surface area (Å²) in [4.78, 5) is 0. The fraction of sp³-hybridized carbons (Fsp3) is 0.300. The van der Waals surface area contributed by atoms with Crippen LogP contribution >= 0.6 is 11.9 Å². The smallest absolute Gasteiger partial charge is 0.132 e. The Morgan fingerprint density at radius 1 is 1.46 bits per heavy atom. The SMILES string of the molecule is Cc1ccc(C2=NSCC2)c(F)c1. The molecule has 0 spiro atoms. The van der Waals surface area contributed by atoms with E-state index in [4.69, 9.17) is 0 Å². The van der Waals surface area contributed by atoms with Gasteiger partial charge in [-0.1, -0.05) is 6.07 Å². The lowest BCUT2D eigenvalue weighted by Crippen LogP contribution is -2.01. The van der Waals surface area contributed by atoms with Gasteiger partial charge in [-0.05, 0) is 36.6 Å². The van der Waals surface area contributed by atoms with Gasteiger partial charge in [0.15, 0.2) is 0 Å². The molecule has 1 nitrogen and oxygen atoms in total. The maximum absolute atomic E-state index is 13.4. The quantitative estimate of drug-likeness (QED) is 0.627. The monoisotopic (exact) mass is 195 g/mol. The van der Waals surface area contributed by atoms with Crippen molar-refractivity contribution in [3.05, 3.63) is 35.1 Å². The lowest BCUT2D eigenvalue weighted by Gasteiger charge is -2.02. The summed E-state index contributed by atoms with van der Waals surface area (Å²) in [5.74, 6) is 0.823. The average Bonchev–Trinajstić information content (AvgIpc) is 2.56. The summed E-state index contributed by atoms with van der Waals surface area (Å²) in [6.07, 6.45) is 0.880. The van der Waals surface area contributed by atoms with E-state index in [1.807, 2.05) is 19.1 Å². The lowest BCUT2D eigenvalue weighted by molar-refractivity contribution is 0.624. The van der Waals surface area contributed by atoms with Crippen molar-refractivity contribution in [3.8, 4) is 0 Å². The van der Waals surface area contributed by atoms with Crippen molar-refractivity contribution in [1.29, 1.82) is 0 Å². The minimum absolute atomic E-state index is 0.152. The van der Waals surface area contributed by atoms with Gasteiger partial charge >= 0.3 is 0 Å². The molecule has 13 heavy (non-hydrogen) atoms. The Morgan fingerprint density at radius 3 is 2.92 bits per heavy atom. The Balaban J connectivity index is 2.40. The van der Waals surface area contributed by atoms with Gasteiger partial charge in [-0.3, -0.25) is 0 Å². The molecule has 1 aliphatic heterocycles. The number of hydrogen-bond donors (Lipinski definition) is 0. The van der Waals surface area contributed by atoms with E-state index in [-0.39, 0.29) is 5.82 Å². The predicted octanol–water partition coefficient (Wildman–Crippen LogP) is 2.98. The molecule has 1 aromatic carbocycles. The van der Waals surface area contributed by atoms with Gasteiger partial charge in [0.25, 0.3) is 0 Å². The molecule has 0 N–H and O–H groups in total. The van der Waals surface area contributed by atoms with Crippen LogP contribution in [0.3, 0.4) is 0 Å². The van der Waals surface area contributed by atoms with E-state index in [1.54, 1.807) is 6.07 Å². The average molecular weight is 195 g/mol. The second kappa shape index (κ2) is 3.50. The van der Waals surface area contributed by atoms with Crippen molar-refractivity contribution >= 4 is 17.7 Å². The van der Waals surface area contributed by atoms with Crippen molar-refractivity contribution < 1.29 is 4.39 Å². The summed E-state index contributed by atoms with van der Waals surface area (Å²) in [6.45, 7) is 1.89. The first-order chi connectivity index (χ1) is 6.27. The summed E-state index contributed by atoms with van der Waals surface area (Å²) in [5, 5.41) is 0. The molecule has 0 atom stereocenters. The summed E-state index contributed by atoms with van der Waals surface area (Å²) in [7, 11) is 0. The molecule has 3 heteroatoms. The van der Waals surface area contributed by atoms with E-state index < -0.39 is 0 Å². The zero-order chi connectivity index (χ0) is 9.26. The van der Waals surface area contributed by atoms with Gasteiger partial charge in [-0.2, -0.15) is 0 Å². The predicted molar refractivity (Wildman–Crippen MR) is 54.7 cm³/mol. The number of rotatable bonds is 1. The topological polar surface area (TPSA) is 12.4 Å². The lowest BCUT2D eigenvalue weighted by atomic mass is 10.1. The molecule has 0 aromatic heterocycles. The number of halogens is 1. The second-order valence-electron chi connectivity index (χ2n) is 3.10. The van der Waals surface area contributed by atoms with Gasteiger partial charge in [-0.25, -0.2) is 8.79 Å². The van der Waals surface area contributed by atoms with E-state index in [0.717, 1.165) is 23.4 Å². The normalized spacial score (nSPS) is 16.0. The Morgan fingerprint density at radius 2 is 2.31 bits per heavy atom. The van der Waals surface area contributed by atoms with Crippen molar-refractivity contribution in [1.82, 2.24) is 0 Å². The molecule has 0 unspecified atom stereocenters. The third-order valence-electron chi connectivity index (χ3n) is 2.04. The summed E-state index contributed by atoms with van der Waals surface area (Å²) in [5.41, 5.74) is 2.51. The zero-order valence-corrected chi connectivity index (χ0v) is 8.20. The van der Waals surface area contributed by atoms with E-state index >= 15 is 0 Å². The molecule has 0 saturated carbocycles. The van der Waals surface area contributed by atoms with Crippen molar-refractivity contribution in [2.45, 2.75) is 13.3 Å². The van der Waals surface area contributed by atoms with Crippen LogP contribution in [0, 0.1) is 12.7 Å². The molecule has 1 heterocycles. The highest BCUT2D eigenvalue weighted by Gasteiger charge is 2.13. The summed E-state index contributed by atoms with van der Waals surface area (Å²) >= 11 is 1.51. The molecule has 1 aromatic rings. The first kappa shape index (κ1) is 8.75. The highest BCUT2D eigenvalue weighted by molar-refractivity contribution is 7.98. The second-order valence-corrected chi connectivity index (χ2v) is 3.95. The standard InChI is InChI=1S/C10H10FNS/c1-7-2-3-8(9(11)6-7)10-4-5-13-12-10/h2-3,6H,4-5H2,1H3. The number of aryl methyl sites for hydroxylation is 1. The molecule has 0 aliphatic carbocycles. The number of hydrogen-bond acceptors (Lipinski definition) is 2. The first-order valence-corrected chi connectivity index (χ1v) is 5.17. The van der Waals surface area contributed by atoms with Gasteiger partial charge in [0.1, 0.15) is 5.82 Å². The van der Waals surface area contributed by atoms with E-state index in [0.29, 0.717) is 5.56 Å².